The molecule has 10 nitrogen and oxygen atoms in total. The quantitative estimate of drug-likeness (QED) is 0.556. The van der Waals surface area contributed by atoms with Crippen LogP contribution in [0.25, 0.3) is 0 Å². The summed E-state index contributed by atoms with van der Waals surface area (Å²) in [7, 11) is 0. The molecule has 0 bridgehead atoms. The van der Waals surface area contributed by atoms with Crippen molar-refractivity contribution in [2.75, 3.05) is 54.8 Å². The third-order valence-electron chi connectivity index (χ3n) is 6.77. The number of piperidine rings is 1. The summed E-state index contributed by atoms with van der Waals surface area (Å²) in [5.74, 6) is 1.46. The fraction of sp³-hybridized carbons (Fsp3) is 0.704. The number of rotatable bonds is 3. The van der Waals surface area contributed by atoms with E-state index in [-0.39, 0.29) is 29.4 Å². The number of amides is 3. The van der Waals surface area contributed by atoms with Crippen molar-refractivity contribution in [3.8, 4) is 0 Å². The lowest BCUT2D eigenvalue weighted by Gasteiger charge is -2.38. The average molecular weight is 548 g/mol. The molecule has 0 spiro atoms. The van der Waals surface area contributed by atoms with E-state index in [0.717, 1.165) is 18.5 Å². The van der Waals surface area contributed by atoms with Crippen LogP contribution in [0.15, 0.2) is 18.3 Å². The van der Waals surface area contributed by atoms with Crippen molar-refractivity contribution in [1.82, 2.24) is 14.8 Å². The first-order valence-corrected chi connectivity index (χ1v) is 14.5. The highest BCUT2D eigenvalue weighted by Crippen LogP contribution is 2.39. The van der Waals surface area contributed by atoms with Gasteiger partial charge in [-0.25, -0.2) is 14.6 Å². The summed E-state index contributed by atoms with van der Waals surface area (Å²) in [5, 5.41) is 0.0130. The second-order valence-corrected chi connectivity index (χ2v) is 13.2. The van der Waals surface area contributed by atoms with E-state index < -0.39 is 11.2 Å². The highest BCUT2D eigenvalue weighted by molar-refractivity contribution is 8.01. The van der Waals surface area contributed by atoms with Crippen LogP contribution in [0.4, 0.5) is 21.1 Å². The third-order valence-corrected chi connectivity index (χ3v) is 8.12. The van der Waals surface area contributed by atoms with Gasteiger partial charge in [0.15, 0.2) is 0 Å². The molecule has 4 heterocycles. The van der Waals surface area contributed by atoms with Gasteiger partial charge in [-0.3, -0.25) is 9.69 Å². The number of likely N-dealkylation sites (tertiary alicyclic amines) is 1. The molecular weight excluding hydrogens is 506 g/mol. The SMILES string of the molecule is CC(C)(C)OC(=O)N1CCC([C@@H]2SCC(=O)N2c2ccc(N3CCN(C(=O)OC(C)(C)C)CC3)cn2)CC1. The predicted octanol–water partition coefficient (Wildman–Crippen LogP) is 4.19. The summed E-state index contributed by atoms with van der Waals surface area (Å²) in [4.78, 5) is 49.9. The smallest absolute Gasteiger partial charge is 0.410 e. The van der Waals surface area contributed by atoms with E-state index in [2.05, 4.69) is 9.88 Å². The number of piperazine rings is 1. The van der Waals surface area contributed by atoms with Gasteiger partial charge in [0.05, 0.1) is 23.0 Å². The van der Waals surface area contributed by atoms with Gasteiger partial charge in [0.2, 0.25) is 5.91 Å². The number of pyridine rings is 1. The van der Waals surface area contributed by atoms with Crippen LogP contribution in [-0.4, -0.2) is 94.5 Å². The maximum absolute atomic E-state index is 12.9. The number of carbonyl (C=O) groups is 3. The molecule has 1 aromatic rings. The second-order valence-electron chi connectivity index (χ2n) is 12.1. The van der Waals surface area contributed by atoms with Crippen molar-refractivity contribution in [1.29, 1.82) is 0 Å². The maximum Gasteiger partial charge on any atom is 0.410 e. The van der Waals surface area contributed by atoms with E-state index in [0.29, 0.717) is 50.8 Å². The molecule has 3 aliphatic heterocycles. The van der Waals surface area contributed by atoms with Crippen molar-refractivity contribution in [3.63, 3.8) is 0 Å². The minimum absolute atomic E-state index is 0.0130. The largest absolute Gasteiger partial charge is 0.444 e. The fourth-order valence-electron chi connectivity index (χ4n) is 4.92. The Morgan fingerprint density at radius 2 is 1.42 bits per heavy atom. The number of nitrogens with zero attached hydrogens (tertiary/aromatic N) is 5. The molecule has 3 amide bonds. The van der Waals surface area contributed by atoms with Gasteiger partial charge >= 0.3 is 12.2 Å². The monoisotopic (exact) mass is 547 g/mol. The van der Waals surface area contributed by atoms with Crippen LogP contribution in [0.3, 0.4) is 0 Å². The Hall–Kier alpha value is -2.69. The molecular formula is C27H41N5O5S. The number of aromatic nitrogens is 1. The molecule has 0 saturated carbocycles. The van der Waals surface area contributed by atoms with Crippen LogP contribution in [0, 0.1) is 5.92 Å². The van der Waals surface area contributed by atoms with Crippen molar-refractivity contribution in [3.05, 3.63) is 18.3 Å². The molecule has 4 rings (SSSR count). The predicted molar refractivity (Wildman–Crippen MR) is 149 cm³/mol. The summed E-state index contributed by atoms with van der Waals surface area (Å²) in [6.07, 6.45) is 2.91. The van der Waals surface area contributed by atoms with Crippen molar-refractivity contribution in [2.24, 2.45) is 5.92 Å². The van der Waals surface area contributed by atoms with E-state index in [9.17, 15) is 14.4 Å². The fourth-order valence-corrected chi connectivity index (χ4v) is 6.29. The molecule has 1 aromatic heterocycles. The zero-order valence-electron chi connectivity index (χ0n) is 23.4. The Bertz CT molecular complexity index is 1010. The number of thioether (sulfide) groups is 1. The zero-order valence-corrected chi connectivity index (χ0v) is 24.3. The summed E-state index contributed by atoms with van der Waals surface area (Å²) in [6.45, 7) is 15.0. The minimum atomic E-state index is -0.512. The third kappa shape index (κ3) is 7.03. The Kier molecular flexibility index (Phi) is 8.34. The molecule has 3 fully saturated rings. The van der Waals surface area contributed by atoms with E-state index in [4.69, 9.17) is 9.47 Å². The first-order chi connectivity index (χ1) is 17.8. The normalized spacial score (nSPS) is 21.6. The van der Waals surface area contributed by atoms with Gasteiger partial charge < -0.3 is 24.2 Å². The maximum atomic E-state index is 12.9. The molecule has 3 aliphatic rings. The minimum Gasteiger partial charge on any atom is -0.444 e. The Labute approximate surface area is 230 Å². The molecule has 38 heavy (non-hydrogen) atoms. The van der Waals surface area contributed by atoms with Crippen molar-refractivity contribution in [2.45, 2.75) is 71.0 Å². The topological polar surface area (TPSA) is 95.5 Å². The number of hydrogen-bond donors (Lipinski definition) is 0. The Balaban J connectivity index is 1.33. The van der Waals surface area contributed by atoms with Gasteiger partial charge in [0.1, 0.15) is 17.0 Å². The molecule has 210 valence electrons. The molecule has 0 radical (unpaired) electrons. The molecule has 0 aromatic carbocycles. The average Bonchev–Trinajstić information content (AvgIpc) is 3.23. The molecule has 11 heteroatoms. The number of ether oxygens (including phenoxy) is 2. The summed E-state index contributed by atoms with van der Waals surface area (Å²) in [5.41, 5.74) is -0.0483. The van der Waals surface area contributed by atoms with Gasteiger partial charge in [-0.2, -0.15) is 0 Å². The molecule has 3 saturated heterocycles. The molecule has 0 unspecified atom stereocenters. The van der Waals surface area contributed by atoms with Crippen LogP contribution >= 0.6 is 11.8 Å². The zero-order chi connectivity index (χ0) is 27.7. The second kappa shape index (κ2) is 11.2. The van der Waals surface area contributed by atoms with Gasteiger partial charge in [0, 0.05) is 39.3 Å². The van der Waals surface area contributed by atoms with Gasteiger partial charge in [-0.05, 0) is 72.4 Å². The van der Waals surface area contributed by atoms with Crippen LogP contribution < -0.4 is 9.80 Å². The standard InChI is InChI=1S/C27H41N5O5S/c1-26(2,3)36-24(34)30-11-9-19(10-12-30)23-32(22(33)18-38-23)21-8-7-20(17-28-21)29-13-15-31(16-14-29)25(35)37-27(4,5)6/h7-8,17,19,23H,9-16,18H2,1-6H3/t23-/m0/s1. The van der Waals surface area contributed by atoms with E-state index in [1.54, 1.807) is 21.6 Å². The van der Waals surface area contributed by atoms with Crippen LogP contribution in [0.1, 0.15) is 54.4 Å². The first kappa shape index (κ1) is 28.3. The summed E-state index contributed by atoms with van der Waals surface area (Å²) < 4.78 is 11.0. The van der Waals surface area contributed by atoms with Crippen LogP contribution in [0.2, 0.25) is 0 Å². The number of carbonyl (C=O) groups excluding carboxylic acids is 3. The van der Waals surface area contributed by atoms with Gasteiger partial charge in [-0.1, -0.05) is 0 Å². The lowest BCUT2D eigenvalue weighted by molar-refractivity contribution is -0.116. The van der Waals surface area contributed by atoms with Crippen molar-refractivity contribution < 1.29 is 23.9 Å². The van der Waals surface area contributed by atoms with Crippen LogP contribution in [-0.2, 0) is 14.3 Å². The molecule has 0 N–H and O–H groups in total. The van der Waals surface area contributed by atoms with Crippen molar-refractivity contribution >= 4 is 41.4 Å². The van der Waals surface area contributed by atoms with E-state index >= 15 is 0 Å². The lowest BCUT2D eigenvalue weighted by Crippen LogP contribution is -2.50. The van der Waals surface area contributed by atoms with E-state index in [1.807, 2.05) is 64.8 Å². The van der Waals surface area contributed by atoms with Gasteiger partial charge in [-0.15, -0.1) is 11.8 Å². The Morgan fingerprint density at radius 3 is 1.92 bits per heavy atom. The summed E-state index contributed by atoms with van der Waals surface area (Å²) in [6, 6.07) is 3.92. The number of hydrogen-bond acceptors (Lipinski definition) is 8. The highest BCUT2D eigenvalue weighted by Gasteiger charge is 2.41. The number of anilines is 2. The van der Waals surface area contributed by atoms with Gasteiger partial charge in [0.25, 0.3) is 0 Å². The Morgan fingerprint density at radius 1 is 0.868 bits per heavy atom. The lowest BCUT2D eigenvalue weighted by atomic mass is 9.96. The van der Waals surface area contributed by atoms with E-state index in [1.165, 1.54) is 0 Å². The summed E-state index contributed by atoms with van der Waals surface area (Å²) >= 11 is 1.66. The van der Waals surface area contributed by atoms with Crippen LogP contribution in [0.5, 0.6) is 0 Å². The molecule has 0 aliphatic carbocycles. The highest BCUT2D eigenvalue weighted by atomic mass is 32.2. The molecule has 1 atom stereocenters. The first-order valence-electron chi connectivity index (χ1n) is 13.4.